The smallest absolute Gasteiger partial charge is 0.123 e. The van der Waals surface area contributed by atoms with Gasteiger partial charge < -0.3 is 15.8 Å². The number of benzene rings is 1. The van der Waals surface area contributed by atoms with Gasteiger partial charge in [0.1, 0.15) is 5.75 Å². The number of aryl methyl sites for hydroxylation is 1. The van der Waals surface area contributed by atoms with Gasteiger partial charge in [-0.15, -0.1) is 0 Å². The van der Waals surface area contributed by atoms with Crippen LogP contribution in [0.4, 0.5) is 0 Å². The number of nitrogens with two attached hydrogens (primary N) is 1. The van der Waals surface area contributed by atoms with Gasteiger partial charge >= 0.3 is 0 Å². The number of hydrogen-bond acceptors (Lipinski definition) is 3. The molecule has 1 aromatic rings. The first-order valence-electron chi connectivity index (χ1n) is 6.79. The van der Waals surface area contributed by atoms with Crippen molar-refractivity contribution in [1.82, 2.24) is 5.32 Å². The summed E-state index contributed by atoms with van der Waals surface area (Å²) in [5.74, 6) is 0.965. The van der Waals surface area contributed by atoms with E-state index in [0.29, 0.717) is 6.04 Å². The lowest BCUT2D eigenvalue weighted by Gasteiger charge is -2.11. The average molecular weight is 250 g/mol. The van der Waals surface area contributed by atoms with Gasteiger partial charge in [0.25, 0.3) is 0 Å². The molecule has 3 nitrogen and oxygen atoms in total. The maximum atomic E-state index is 5.72. The quantitative estimate of drug-likeness (QED) is 0.697. The Labute approximate surface area is 111 Å². The lowest BCUT2D eigenvalue weighted by Crippen LogP contribution is -2.20. The van der Waals surface area contributed by atoms with Gasteiger partial charge in [-0.2, -0.15) is 0 Å². The first-order chi connectivity index (χ1) is 8.67. The van der Waals surface area contributed by atoms with Crippen molar-refractivity contribution in [2.75, 3.05) is 13.7 Å². The third-order valence-corrected chi connectivity index (χ3v) is 3.08. The van der Waals surface area contributed by atoms with Gasteiger partial charge in [0.05, 0.1) is 7.11 Å². The summed E-state index contributed by atoms with van der Waals surface area (Å²) in [6.45, 7) is 6.08. The van der Waals surface area contributed by atoms with Crippen LogP contribution in [0.3, 0.4) is 0 Å². The van der Waals surface area contributed by atoms with Crippen molar-refractivity contribution in [3.8, 4) is 5.75 Å². The number of nitrogens with one attached hydrogen (secondary N) is 1. The van der Waals surface area contributed by atoms with Crippen LogP contribution in [0.25, 0.3) is 0 Å². The van der Waals surface area contributed by atoms with Crippen LogP contribution in [0.15, 0.2) is 18.2 Å². The highest BCUT2D eigenvalue weighted by Gasteiger charge is 2.03. The molecular formula is C15H26N2O. The Hall–Kier alpha value is -1.06. The molecule has 0 spiro atoms. The Kier molecular flexibility index (Phi) is 6.76. The Balaban J connectivity index is 2.44. The second-order valence-electron chi connectivity index (χ2n) is 4.80. The zero-order valence-corrected chi connectivity index (χ0v) is 11.8. The van der Waals surface area contributed by atoms with E-state index in [1.165, 1.54) is 11.1 Å². The van der Waals surface area contributed by atoms with Crippen LogP contribution in [0, 0.1) is 0 Å². The van der Waals surface area contributed by atoms with Gasteiger partial charge in [-0.1, -0.05) is 19.1 Å². The van der Waals surface area contributed by atoms with Crippen LogP contribution in [0.1, 0.15) is 37.8 Å². The second-order valence-corrected chi connectivity index (χ2v) is 4.80. The predicted octanol–water partition coefficient (Wildman–Crippen LogP) is 2.47. The maximum Gasteiger partial charge on any atom is 0.123 e. The molecule has 1 atom stereocenters. The minimum atomic E-state index is 0.296. The molecule has 0 fully saturated rings. The van der Waals surface area contributed by atoms with Crippen molar-refractivity contribution < 1.29 is 4.74 Å². The molecular weight excluding hydrogens is 224 g/mol. The normalized spacial score (nSPS) is 12.4. The highest BCUT2D eigenvalue weighted by Crippen LogP contribution is 2.20. The Bertz CT molecular complexity index is 350. The van der Waals surface area contributed by atoms with E-state index in [4.69, 9.17) is 10.5 Å². The molecule has 0 bridgehead atoms. The number of methoxy groups -OCH3 is 1. The van der Waals surface area contributed by atoms with Crippen molar-refractivity contribution in [1.29, 1.82) is 0 Å². The maximum absolute atomic E-state index is 5.72. The topological polar surface area (TPSA) is 47.3 Å². The molecule has 0 heterocycles. The minimum Gasteiger partial charge on any atom is -0.496 e. The zero-order valence-electron chi connectivity index (χ0n) is 11.8. The first kappa shape index (κ1) is 15.0. The molecule has 0 aromatic heterocycles. The average Bonchev–Trinajstić information content (AvgIpc) is 2.37. The molecule has 0 saturated carbocycles. The van der Waals surface area contributed by atoms with Crippen molar-refractivity contribution in [3.63, 3.8) is 0 Å². The number of ether oxygens (including phenoxy) is 1. The fourth-order valence-electron chi connectivity index (χ4n) is 1.96. The van der Waals surface area contributed by atoms with E-state index in [-0.39, 0.29) is 0 Å². The van der Waals surface area contributed by atoms with Crippen molar-refractivity contribution >= 4 is 0 Å². The molecule has 1 rings (SSSR count). The summed E-state index contributed by atoms with van der Waals surface area (Å²) in [6.07, 6.45) is 3.24. The van der Waals surface area contributed by atoms with Crippen LogP contribution in [-0.2, 0) is 13.0 Å². The summed E-state index contributed by atoms with van der Waals surface area (Å²) < 4.78 is 5.38. The Morgan fingerprint density at radius 3 is 2.78 bits per heavy atom. The van der Waals surface area contributed by atoms with Crippen LogP contribution in [-0.4, -0.2) is 19.7 Å². The number of hydrogen-bond donors (Lipinski definition) is 2. The zero-order chi connectivity index (χ0) is 13.4. The van der Waals surface area contributed by atoms with Crippen molar-refractivity contribution in [2.45, 2.75) is 45.7 Å². The van der Waals surface area contributed by atoms with Crippen molar-refractivity contribution in [2.24, 2.45) is 5.73 Å². The molecule has 102 valence electrons. The third-order valence-electron chi connectivity index (χ3n) is 3.08. The van der Waals surface area contributed by atoms with E-state index >= 15 is 0 Å². The SMILES string of the molecule is CCc1ccc(OC)c(CNCCCC(C)N)c1. The van der Waals surface area contributed by atoms with Crippen LogP contribution in [0.5, 0.6) is 5.75 Å². The number of rotatable bonds is 8. The summed E-state index contributed by atoms with van der Waals surface area (Å²) in [6, 6.07) is 6.69. The third kappa shape index (κ3) is 5.07. The molecule has 3 N–H and O–H groups in total. The first-order valence-corrected chi connectivity index (χ1v) is 6.79. The van der Waals surface area contributed by atoms with E-state index in [0.717, 1.165) is 38.1 Å². The monoisotopic (exact) mass is 250 g/mol. The summed E-state index contributed by atoms with van der Waals surface area (Å²) in [4.78, 5) is 0. The summed E-state index contributed by atoms with van der Waals surface area (Å²) in [5, 5.41) is 3.45. The molecule has 1 aromatic carbocycles. The van der Waals surface area contributed by atoms with E-state index in [1.54, 1.807) is 7.11 Å². The standard InChI is InChI=1S/C15H26N2O/c1-4-13-7-8-15(18-3)14(10-13)11-17-9-5-6-12(2)16/h7-8,10,12,17H,4-6,9,11,16H2,1-3H3. The molecule has 0 saturated heterocycles. The fourth-order valence-corrected chi connectivity index (χ4v) is 1.96. The van der Waals surface area contributed by atoms with Crippen molar-refractivity contribution in [3.05, 3.63) is 29.3 Å². The van der Waals surface area contributed by atoms with E-state index in [9.17, 15) is 0 Å². The highest BCUT2D eigenvalue weighted by atomic mass is 16.5. The lowest BCUT2D eigenvalue weighted by atomic mass is 10.1. The highest BCUT2D eigenvalue weighted by molar-refractivity contribution is 5.37. The molecule has 0 radical (unpaired) electrons. The van der Waals surface area contributed by atoms with Gasteiger partial charge in [0.2, 0.25) is 0 Å². The van der Waals surface area contributed by atoms with Gasteiger partial charge in [-0.25, -0.2) is 0 Å². The van der Waals surface area contributed by atoms with Gasteiger partial charge in [-0.3, -0.25) is 0 Å². The fraction of sp³-hybridized carbons (Fsp3) is 0.600. The second kappa shape index (κ2) is 8.11. The summed E-state index contributed by atoms with van der Waals surface area (Å²) in [7, 11) is 1.72. The molecule has 0 aliphatic heterocycles. The minimum absolute atomic E-state index is 0.296. The van der Waals surface area contributed by atoms with E-state index in [2.05, 4.69) is 30.4 Å². The molecule has 18 heavy (non-hydrogen) atoms. The summed E-state index contributed by atoms with van der Waals surface area (Å²) in [5.41, 5.74) is 8.31. The molecule has 0 aliphatic rings. The van der Waals surface area contributed by atoms with Crippen LogP contribution in [0.2, 0.25) is 0 Å². The molecule has 1 unspecified atom stereocenters. The Morgan fingerprint density at radius 1 is 1.39 bits per heavy atom. The van der Waals surface area contributed by atoms with Gasteiger partial charge in [-0.05, 0) is 44.4 Å². The molecule has 0 aliphatic carbocycles. The predicted molar refractivity (Wildman–Crippen MR) is 77.0 cm³/mol. The Morgan fingerprint density at radius 2 is 2.17 bits per heavy atom. The molecule has 3 heteroatoms. The van der Waals surface area contributed by atoms with E-state index < -0.39 is 0 Å². The largest absolute Gasteiger partial charge is 0.496 e. The summed E-state index contributed by atoms with van der Waals surface area (Å²) >= 11 is 0. The van der Waals surface area contributed by atoms with Gasteiger partial charge in [0, 0.05) is 18.2 Å². The van der Waals surface area contributed by atoms with Gasteiger partial charge in [0.15, 0.2) is 0 Å². The molecule has 0 amide bonds. The van der Waals surface area contributed by atoms with Crippen LogP contribution >= 0.6 is 0 Å². The lowest BCUT2D eigenvalue weighted by molar-refractivity contribution is 0.407. The van der Waals surface area contributed by atoms with E-state index in [1.807, 2.05) is 6.92 Å². The van der Waals surface area contributed by atoms with Crippen LogP contribution < -0.4 is 15.8 Å².